The summed E-state index contributed by atoms with van der Waals surface area (Å²) < 4.78 is 0. The molecule has 124 valence electrons. The van der Waals surface area contributed by atoms with E-state index in [2.05, 4.69) is 17.5 Å². The highest BCUT2D eigenvalue weighted by molar-refractivity contribution is 5.77. The van der Waals surface area contributed by atoms with E-state index in [1.807, 2.05) is 30.3 Å². The topological polar surface area (TPSA) is 75.4 Å². The molecule has 0 fully saturated rings. The number of carbonyl (C=O) groups is 2. The predicted molar refractivity (Wildman–Crippen MR) is 90.5 cm³/mol. The van der Waals surface area contributed by atoms with Gasteiger partial charge in [0.15, 0.2) is 0 Å². The molecule has 5 heteroatoms. The Kier molecular flexibility index (Phi) is 6.66. The van der Waals surface area contributed by atoms with Gasteiger partial charge in [0.1, 0.15) is 0 Å². The first-order chi connectivity index (χ1) is 11.1. The zero-order valence-electron chi connectivity index (χ0n) is 13.4. The van der Waals surface area contributed by atoms with Crippen molar-refractivity contribution in [2.24, 2.45) is 11.7 Å². The van der Waals surface area contributed by atoms with Gasteiger partial charge in [0.05, 0.1) is 0 Å². The van der Waals surface area contributed by atoms with Gasteiger partial charge in [0.2, 0.25) is 5.91 Å². The fraction of sp³-hybridized carbons (Fsp3) is 0.444. The summed E-state index contributed by atoms with van der Waals surface area (Å²) in [6.45, 7) is 1.48. The highest BCUT2D eigenvalue weighted by Gasteiger charge is 2.17. The van der Waals surface area contributed by atoms with Crippen molar-refractivity contribution in [3.63, 3.8) is 0 Å². The van der Waals surface area contributed by atoms with Crippen molar-refractivity contribution in [1.82, 2.24) is 10.2 Å². The number of nitrogens with two attached hydrogens (primary N) is 1. The molecular formula is C18H25N3O2. The largest absolute Gasteiger partial charge is 0.370 e. The van der Waals surface area contributed by atoms with Crippen LogP contribution in [0, 0.1) is 5.92 Å². The van der Waals surface area contributed by atoms with E-state index in [4.69, 9.17) is 5.73 Å². The molecule has 0 aromatic heterocycles. The van der Waals surface area contributed by atoms with Crippen LogP contribution in [0.3, 0.4) is 0 Å². The van der Waals surface area contributed by atoms with E-state index in [1.165, 1.54) is 0 Å². The van der Waals surface area contributed by atoms with Crippen LogP contribution in [0.25, 0.3) is 0 Å². The van der Waals surface area contributed by atoms with E-state index in [-0.39, 0.29) is 12.5 Å². The van der Waals surface area contributed by atoms with Crippen LogP contribution in [0.15, 0.2) is 42.5 Å². The molecule has 0 saturated heterocycles. The molecule has 0 bridgehead atoms. The molecule has 1 unspecified atom stereocenters. The second kappa shape index (κ2) is 8.98. The molecule has 0 spiro atoms. The van der Waals surface area contributed by atoms with Gasteiger partial charge in [-0.25, -0.2) is 4.79 Å². The molecule has 3 amide bonds. The number of benzene rings is 1. The van der Waals surface area contributed by atoms with Crippen molar-refractivity contribution in [1.29, 1.82) is 0 Å². The van der Waals surface area contributed by atoms with Crippen LogP contribution in [0.1, 0.15) is 31.2 Å². The minimum Gasteiger partial charge on any atom is -0.370 e. The van der Waals surface area contributed by atoms with Gasteiger partial charge in [-0.1, -0.05) is 42.5 Å². The maximum Gasteiger partial charge on any atom is 0.317 e. The molecule has 1 aliphatic rings. The van der Waals surface area contributed by atoms with Gasteiger partial charge in [0, 0.05) is 26.1 Å². The summed E-state index contributed by atoms with van der Waals surface area (Å²) in [5, 5.41) is 3.00. The number of primary amides is 1. The zero-order valence-corrected chi connectivity index (χ0v) is 13.4. The van der Waals surface area contributed by atoms with Crippen LogP contribution >= 0.6 is 0 Å². The monoisotopic (exact) mass is 315 g/mol. The molecule has 23 heavy (non-hydrogen) atoms. The Balaban J connectivity index is 1.90. The Hall–Kier alpha value is -2.30. The highest BCUT2D eigenvalue weighted by atomic mass is 16.2. The van der Waals surface area contributed by atoms with Crippen LogP contribution < -0.4 is 11.1 Å². The second-order valence-electron chi connectivity index (χ2n) is 5.96. The minimum atomic E-state index is -0.395. The standard InChI is InChI=1S/C18H25N3O2/c19-17(22)11-12-21(14-16-9-5-2-6-10-16)18(23)20-13-15-7-3-1-4-8-15/h1-3,5-6,9-10,15H,4,7-8,11-14H2,(H2,19,22)(H,20,23). The first-order valence-electron chi connectivity index (χ1n) is 8.15. The summed E-state index contributed by atoms with van der Waals surface area (Å²) in [6, 6.07) is 9.62. The smallest absolute Gasteiger partial charge is 0.317 e. The van der Waals surface area contributed by atoms with Gasteiger partial charge in [-0.3, -0.25) is 4.79 Å². The number of carbonyl (C=O) groups excluding carboxylic acids is 2. The van der Waals surface area contributed by atoms with Crippen molar-refractivity contribution in [2.45, 2.75) is 32.2 Å². The zero-order chi connectivity index (χ0) is 16.5. The lowest BCUT2D eigenvalue weighted by atomic mass is 9.94. The molecule has 0 aliphatic heterocycles. The number of nitrogens with one attached hydrogen (secondary N) is 1. The van der Waals surface area contributed by atoms with E-state index in [0.717, 1.165) is 24.8 Å². The first-order valence-corrected chi connectivity index (χ1v) is 8.15. The molecule has 5 nitrogen and oxygen atoms in total. The second-order valence-corrected chi connectivity index (χ2v) is 5.96. The van der Waals surface area contributed by atoms with E-state index in [1.54, 1.807) is 4.90 Å². The molecule has 1 atom stereocenters. The third-order valence-corrected chi connectivity index (χ3v) is 4.05. The number of rotatable bonds is 7. The molecule has 0 heterocycles. The summed E-state index contributed by atoms with van der Waals surface area (Å²) in [5.41, 5.74) is 6.26. The lowest BCUT2D eigenvalue weighted by Crippen LogP contribution is -2.42. The third-order valence-electron chi connectivity index (χ3n) is 4.05. The SMILES string of the molecule is NC(=O)CCN(Cc1ccccc1)C(=O)NCC1CC=CCC1. The summed E-state index contributed by atoms with van der Waals surface area (Å²) in [7, 11) is 0. The fourth-order valence-electron chi connectivity index (χ4n) is 2.69. The Morgan fingerprint density at radius 1 is 1.22 bits per heavy atom. The normalized spacial score (nSPS) is 16.8. The van der Waals surface area contributed by atoms with Crippen LogP contribution in [-0.4, -0.2) is 29.9 Å². The van der Waals surface area contributed by atoms with Crippen molar-refractivity contribution in [2.75, 3.05) is 13.1 Å². The van der Waals surface area contributed by atoms with Crippen LogP contribution in [-0.2, 0) is 11.3 Å². The summed E-state index contributed by atoms with van der Waals surface area (Å²) in [5.74, 6) is 0.104. The van der Waals surface area contributed by atoms with Gasteiger partial charge >= 0.3 is 6.03 Å². The van der Waals surface area contributed by atoms with E-state index in [0.29, 0.717) is 25.6 Å². The summed E-state index contributed by atoms with van der Waals surface area (Å²) in [6.07, 6.45) is 7.74. The lowest BCUT2D eigenvalue weighted by molar-refractivity contribution is -0.118. The van der Waals surface area contributed by atoms with Gasteiger partial charge in [-0.05, 0) is 30.7 Å². The molecule has 0 radical (unpaired) electrons. The number of urea groups is 1. The maximum absolute atomic E-state index is 12.4. The molecule has 1 aliphatic carbocycles. The average Bonchev–Trinajstić information content (AvgIpc) is 2.58. The molecule has 2 rings (SSSR count). The number of amides is 3. The number of hydrogen-bond donors (Lipinski definition) is 2. The minimum absolute atomic E-state index is 0.135. The van der Waals surface area contributed by atoms with Crippen LogP contribution in [0.4, 0.5) is 4.79 Å². The highest BCUT2D eigenvalue weighted by Crippen LogP contribution is 2.17. The Bertz CT molecular complexity index is 542. The van der Waals surface area contributed by atoms with Gasteiger partial charge < -0.3 is 16.0 Å². The number of hydrogen-bond acceptors (Lipinski definition) is 2. The Labute approximate surface area is 137 Å². The van der Waals surface area contributed by atoms with E-state index in [9.17, 15) is 9.59 Å². The van der Waals surface area contributed by atoms with E-state index < -0.39 is 5.91 Å². The lowest BCUT2D eigenvalue weighted by Gasteiger charge is -2.25. The molecule has 1 aromatic carbocycles. The van der Waals surface area contributed by atoms with Crippen LogP contribution in [0.5, 0.6) is 0 Å². The Morgan fingerprint density at radius 2 is 2.00 bits per heavy atom. The van der Waals surface area contributed by atoms with Crippen molar-refractivity contribution in [3.05, 3.63) is 48.0 Å². The van der Waals surface area contributed by atoms with Crippen molar-refractivity contribution in [3.8, 4) is 0 Å². The average molecular weight is 315 g/mol. The summed E-state index contributed by atoms with van der Waals surface area (Å²) >= 11 is 0. The van der Waals surface area contributed by atoms with Crippen molar-refractivity contribution >= 4 is 11.9 Å². The molecule has 1 aromatic rings. The first kappa shape index (κ1) is 17.1. The maximum atomic E-state index is 12.4. The van der Waals surface area contributed by atoms with Crippen molar-refractivity contribution < 1.29 is 9.59 Å². The van der Waals surface area contributed by atoms with E-state index >= 15 is 0 Å². The molecule has 3 N–H and O–H groups in total. The molecular weight excluding hydrogens is 290 g/mol. The van der Waals surface area contributed by atoms with Crippen LogP contribution in [0.2, 0.25) is 0 Å². The summed E-state index contributed by atoms with van der Waals surface area (Å²) in [4.78, 5) is 25.1. The molecule has 0 saturated carbocycles. The fourth-order valence-corrected chi connectivity index (χ4v) is 2.69. The quantitative estimate of drug-likeness (QED) is 0.758. The number of allylic oxidation sites excluding steroid dienone is 2. The predicted octanol–water partition coefficient (Wildman–Crippen LogP) is 2.43. The third kappa shape index (κ3) is 6.14. The number of nitrogens with zero attached hydrogens (tertiary/aromatic N) is 1. The Morgan fingerprint density at radius 3 is 2.65 bits per heavy atom. The van der Waals surface area contributed by atoms with Gasteiger partial charge in [-0.15, -0.1) is 0 Å². The van der Waals surface area contributed by atoms with Gasteiger partial charge in [-0.2, -0.15) is 0 Å². The van der Waals surface area contributed by atoms with Gasteiger partial charge in [0.25, 0.3) is 0 Å².